The summed E-state index contributed by atoms with van der Waals surface area (Å²) < 4.78 is 4.74. The molecule has 3 heterocycles. The van der Waals surface area contributed by atoms with Crippen molar-refractivity contribution in [3.63, 3.8) is 0 Å². The van der Waals surface area contributed by atoms with Crippen LogP contribution in [0.1, 0.15) is 76.0 Å². The zero-order chi connectivity index (χ0) is 33.1. The van der Waals surface area contributed by atoms with Crippen molar-refractivity contribution in [2.24, 2.45) is 11.8 Å². The molecule has 47 heavy (non-hydrogen) atoms. The van der Waals surface area contributed by atoms with Crippen LogP contribution >= 0.6 is 0 Å². The number of rotatable bonds is 9. The first-order valence-electron chi connectivity index (χ1n) is 16.4. The Kier molecular flexibility index (Phi) is 9.42. The number of imidazole rings is 2. The Morgan fingerprint density at radius 2 is 1.38 bits per heavy atom. The van der Waals surface area contributed by atoms with Gasteiger partial charge in [-0.25, -0.2) is 14.8 Å². The van der Waals surface area contributed by atoms with E-state index in [1.54, 1.807) is 12.4 Å². The van der Waals surface area contributed by atoms with Crippen molar-refractivity contribution < 1.29 is 24.2 Å². The fourth-order valence-corrected chi connectivity index (χ4v) is 6.96. The van der Waals surface area contributed by atoms with Crippen LogP contribution in [0.25, 0.3) is 33.6 Å². The van der Waals surface area contributed by atoms with Crippen molar-refractivity contribution in [2.45, 2.75) is 70.4 Å². The van der Waals surface area contributed by atoms with Crippen LogP contribution in [-0.4, -0.2) is 67.6 Å². The van der Waals surface area contributed by atoms with Gasteiger partial charge in [0.2, 0.25) is 5.91 Å². The first-order valence-corrected chi connectivity index (χ1v) is 16.4. The Morgan fingerprint density at radius 3 is 1.96 bits per heavy atom. The summed E-state index contributed by atoms with van der Waals surface area (Å²) >= 11 is 0. The highest BCUT2D eigenvalue weighted by Gasteiger charge is 2.37. The van der Waals surface area contributed by atoms with E-state index >= 15 is 0 Å². The van der Waals surface area contributed by atoms with E-state index in [1.165, 1.54) is 7.11 Å². The lowest BCUT2D eigenvalue weighted by Crippen LogP contribution is -2.51. The molecule has 1 aliphatic heterocycles. The van der Waals surface area contributed by atoms with Crippen molar-refractivity contribution in [3.05, 3.63) is 72.6 Å². The Hall–Kier alpha value is -4.93. The quantitative estimate of drug-likeness (QED) is 0.162. The van der Waals surface area contributed by atoms with Crippen molar-refractivity contribution in [1.82, 2.24) is 30.2 Å². The number of H-pyrrole nitrogens is 2. The summed E-state index contributed by atoms with van der Waals surface area (Å²) in [6, 6.07) is 15.6. The Labute approximate surface area is 274 Å². The van der Waals surface area contributed by atoms with Gasteiger partial charge in [0, 0.05) is 12.5 Å². The van der Waals surface area contributed by atoms with Gasteiger partial charge >= 0.3 is 12.1 Å². The molecule has 0 radical (unpaired) electrons. The molecular weight excluding hydrogens is 596 g/mol. The van der Waals surface area contributed by atoms with Crippen molar-refractivity contribution >= 4 is 18.0 Å². The monoisotopic (exact) mass is 638 g/mol. The number of ether oxygens (including phenoxy) is 1. The molecule has 1 saturated heterocycles. The second kappa shape index (κ2) is 13.8. The number of amides is 2. The Morgan fingerprint density at radius 1 is 0.830 bits per heavy atom. The minimum atomic E-state index is -0.741. The number of carboxylic acids is 1. The minimum absolute atomic E-state index is 0.0779. The second-order valence-corrected chi connectivity index (χ2v) is 12.9. The van der Waals surface area contributed by atoms with Crippen molar-refractivity contribution in [3.8, 4) is 33.6 Å². The van der Waals surface area contributed by atoms with E-state index in [4.69, 9.17) is 4.74 Å². The lowest BCUT2D eigenvalue weighted by atomic mass is 9.79. The van der Waals surface area contributed by atoms with Gasteiger partial charge in [0.05, 0.1) is 42.9 Å². The number of aliphatic carboxylic acids is 1. The molecule has 4 aromatic rings. The molecule has 1 aliphatic carbocycles. The summed E-state index contributed by atoms with van der Waals surface area (Å²) in [4.78, 5) is 55.0. The largest absolute Gasteiger partial charge is 0.481 e. The number of hydrogen-bond donors (Lipinski definition) is 4. The number of benzene rings is 2. The van der Waals surface area contributed by atoms with Crippen LogP contribution in [0, 0.1) is 11.8 Å². The maximum Gasteiger partial charge on any atom is 0.407 e. The number of nitrogens with zero attached hydrogens (tertiary/aromatic N) is 3. The summed E-state index contributed by atoms with van der Waals surface area (Å²) in [5, 5.41) is 12.4. The molecule has 2 aromatic carbocycles. The molecule has 2 aliphatic rings. The molecule has 4 N–H and O–H groups in total. The molecule has 1 unspecified atom stereocenters. The summed E-state index contributed by atoms with van der Waals surface area (Å²) in [7, 11) is 1.29. The van der Waals surface area contributed by atoms with E-state index in [0.717, 1.165) is 77.4 Å². The van der Waals surface area contributed by atoms with E-state index in [1.807, 2.05) is 18.7 Å². The third-order valence-electron chi connectivity index (χ3n) is 9.59. The third kappa shape index (κ3) is 6.79. The van der Waals surface area contributed by atoms with Gasteiger partial charge < -0.3 is 30.0 Å². The zero-order valence-electron chi connectivity index (χ0n) is 27.0. The lowest BCUT2D eigenvalue weighted by Gasteiger charge is -2.30. The molecule has 0 bridgehead atoms. The summed E-state index contributed by atoms with van der Waals surface area (Å²) in [5.41, 5.74) is 5.88. The highest BCUT2D eigenvalue weighted by atomic mass is 16.5. The SMILES string of the molecule is COC(=O)NC(C(=O)N1CCC[C@H]1c1ncc(-c2ccc(-c3ccc(-c4cnc([C@H]5CCCC[C@H]5C(=O)O)[nH]4)cc3)cc2)[nH]1)C(C)C. The molecule has 6 rings (SSSR count). The number of carboxylic acid groups (broad SMARTS) is 1. The van der Waals surface area contributed by atoms with Crippen LogP contribution in [0.15, 0.2) is 60.9 Å². The standard InChI is InChI=1S/C36H42N6O5/c1-21(2)31(41-36(46)47-3)34(43)42-18-6-9-30(42)33-38-20-29(40-33)25-16-12-23(13-17-25)22-10-14-24(15-11-22)28-19-37-32(39-28)26-7-4-5-8-27(26)35(44)45/h10-17,19-21,26-27,30-31H,4-9,18H2,1-3H3,(H,37,39)(H,38,40)(H,41,46)(H,44,45)/t26-,27+,30-,31?/m0/s1. The predicted molar refractivity (Wildman–Crippen MR) is 177 cm³/mol. The lowest BCUT2D eigenvalue weighted by molar-refractivity contribution is -0.143. The van der Waals surface area contributed by atoms with Crippen LogP contribution in [0.4, 0.5) is 4.79 Å². The van der Waals surface area contributed by atoms with E-state index in [0.29, 0.717) is 13.0 Å². The first-order chi connectivity index (χ1) is 22.7. The van der Waals surface area contributed by atoms with Gasteiger partial charge in [-0.15, -0.1) is 0 Å². The second-order valence-electron chi connectivity index (χ2n) is 12.9. The smallest absolute Gasteiger partial charge is 0.407 e. The minimum Gasteiger partial charge on any atom is -0.481 e. The third-order valence-corrected chi connectivity index (χ3v) is 9.59. The van der Waals surface area contributed by atoms with Gasteiger partial charge in [0.1, 0.15) is 17.7 Å². The fraction of sp³-hybridized carbons (Fsp3) is 0.417. The molecule has 11 heteroatoms. The van der Waals surface area contributed by atoms with E-state index in [2.05, 4.69) is 73.8 Å². The predicted octanol–water partition coefficient (Wildman–Crippen LogP) is 6.54. The maximum atomic E-state index is 13.5. The van der Waals surface area contributed by atoms with Crippen molar-refractivity contribution in [1.29, 1.82) is 0 Å². The number of nitrogens with one attached hydrogen (secondary N) is 3. The Balaban J connectivity index is 1.12. The zero-order valence-corrected chi connectivity index (χ0v) is 27.0. The van der Waals surface area contributed by atoms with Crippen LogP contribution in [-0.2, 0) is 14.3 Å². The van der Waals surface area contributed by atoms with Crippen LogP contribution < -0.4 is 5.32 Å². The highest BCUT2D eigenvalue weighted by molar-refractivity contribution is 5.86. The van der Waals surface area contributed by atoms with Crippen LogP contribution in [0.2, 0.25) is 0 Å². The molecule has 2 aromatic heterocycles. The van der Waals surface area contributed by atoms with Gasteiger partial charge in [0.15, 0.2) is 0 Å². The number of likely N-dealkylation sites (tertiary alicyclic amines) is 1. The molecule has 246 valence electrons. The van der Waals surface area contributed by atoms with Crippen molar-refractivity contribution in [2.75, 3.05) is 13.7 Å². The summed E-state index contributed by atoms with van der Waals surface area (Å²) in [6.07, 6.45) is 8.14. The highest BCUT2D eigenvalue weighted by Crippen LogP contribution is 2.38. The average molecular weight is 639 g/mol. The van der Waals surface area contributed by atoms with E-state index in [9.17, 15) is 19.5 Å². The number of aromatic nitrogens is 4. The van der Waals surface area contributed by atoms with Crippen LogP contribution in [0.3, 0.4) is 0 Å². The van der Waals surface area contributed by atoms with E-state index in [-0.39, 0.29) is 29.7 Å². The molecular formula is C36H42N6O5. The van der Waals surface area contributed by atoms with Gasteiger partial charge in [-0.1, -0.05) is 75.2 Å². The van der Waals surface area contributed by atoms with Gasteiger partial charge in [0.25, 0.3) is 0 Å². The molecule has 1 saturated carbocycles. The van der Waals surface area contributed by atoms with Gasteiger partial charge in [-0.3, -0.25) is 9.59 Å². The number of hydrogen-bond acceptors (Lipinski definition) is 6. The Bertz CT molecular complexity index is 1710. The summed E-state index contributed by atoms with van der Waals surface area (Å²) in [5.74, 6) is 0.0577. The normalized spacial score (nSPS) is 20.3. The van der Waals surface area contributed by atoms with E-state index < -0.39 is 18.1 Å². The first kappa shape index (κ1) is 32.0. The molecule has 11 nitrogen and oxygen atoms in total. The summed E-state index contributed by atoms with van der Waals surface area (Å²) in [6.45, 7) is 4.41. The number of carbonyl (C=O) groups excluding carboxylic acids is 2. The van der Waals surface area contributed by atoms with Crippen LogP contribution in [0.5, 0.6) is 0 Å². The fourth-order valence-electron chi connectivity index (χ4n) is 6.96. The number of aromatic amines is 2. The number of alkyl carbamates (subject to hydrolysis) is 1. The van der Waals surface area contributed by atoms with Gasteiger partial charge in [-0.05, 0) is 53.9 Å². The molecule has 4 atom stereocenters. The average Bonchev–Trinajstić information content (AvgIpc) is 3.88. The van der Waals surface area contributed by atoms with Gasteiger partial charge in [-0.2, -0.15) is 0 Å². The number of methoxy groups -OCH3 is 1. The molecule has 0 spiro atoms. The topological polar surface area (TPSA) is 153 Å². The molecule has 2 amide bonds. The number of carbonyl (C=O) groups is 3. The maximum absolute atomic E-state index is 13.5. The molecule has 2 fully saturated rings.